The number of hydrogen-bond donors (Lipinski definition) is 12. The molecule has 93 heavy (non-hydrogen) atoms. The summed E-state index contributed by atoms with van der Waals surface area (Å²) in [4.78, 5) is 105. The monoisotopic (exact) mass is 1340 g/mol. The number of benzene rings is 2. The SMILES string of the molecule is C=C[C@@H]1C[C@@]12NC(=O)[C@@H]1C[C@@H](O)CN1C(=O)[C@@H](NC(=O)OC1CCCC1)CCCCCCCNc1ccccc1S(=O)(=O)NC2=O.C=C[C@@H]1C[C@]1(NC(=O)[C@@H]1C[C@@H](O)CN1)C(=O)NS(=O)(=O)c1ccccc1NCCCCCCC[C@H](NC(=O)OC1CCCC1)C(=O)O. The van der Waals surface area contributed by atoms with Gasteiger partial charge < -0.3 is 66.9 Å². The zero-order valence-corrected chi connectivity index (χ0v) is 54.2. The van der Waals surface area contributed by atoms with Crippen molar-refractivity contribution in [3.63, 3.8) is 0 Å². The number of carboxylic acids is 1. The molecule has 6 fully saturated rings. The van der Waals surface area contributed by atoms with Crippen molar-refractivity contribution in [2.75, 3.05) is 36.8 Å². The molecule has 2 aromatic rings. The molecule has 0 aromatic heterocycles. The molecule has 9 rings (SSSR count). The Morgan fingerprint density at radius 2 is 1.40 bits per heavy atom. The van der Waals surface area contributed by atoms with E-state index in [1.807, 2.05) is 0 Å². The minimum Gasteiger partial charge on any atom is -0.480 e. The van der Waals surface area contributed by atoms with Crippen LogP contribution in [0.15, 0.2) is 83.6 Å². The highest BCUT2D eigenvalue weighted by Gasteiger charge is 2.62. The Morgan fingerprint density at radius 3 is 2.06 bits per heavy atom. The number of amides is 7. The summed E-state index contributed by atoms with van der Waals surface area (Å²) in [5.74, 6) is -5.56. The number of carboxylic acid groups (broad SMARTS) is 1. The number of aliphatic hydroxyl groups is 2. The van der Waals surface area contributed by atoms with E-state index in [0.717, 1.165) is 103 Å². The van der Waals surface area contributed by atoms with Gasteiger partial charge in [0, 0.05) is 44.4 Å². The van der Waals surface area contributed by atoms with E-state index < -0.39 is 127 Å². The van der Waals surface area contributed by atoms with Crippen molar-refractivity contribution in [1.29, 1.82) is 0 Å². The fourth-order valence-corrected chi connectivity index (χ4v) is 15.4. The van der Waals surface area contributed by atoms with Gasteiger partial charge in [-0.2, -0.15) is 0 Å². The summed E-state index contributed by atoms with van der Waals surface area (Å²) in [6.07, 6.45) is 15.4. The molecule has 4 aliphatic carbocycles. The summed E-state index contributed by atoms with van der Waals surface area (Å²) in [6.45, 7) is 8.53. The first-order chi connectivity index (χ1) is 44.5. The summed E-state index contributed by atoms with van der Waals surface area (Å²) in [5, 5.41) is 49.5. The molecule has 7 aliphatic rings. The number of anilines is 2. The van der Waals surface area contributed by atoms with Gasteiger partial charge in [0.05, 0.1) is 29.6 Å². The lowest BCUT2D eigenvalue weighted by molar-refractivity contribution is -0.141. The van der Waals surface area contributed by atoms with Gasteiger partial charge in [0.1, 0.15) is 51.2 Å². The van der Waals surface area contributed by atoms with E-state index in [1.54, 1.807) is 36.4 Å². The van der Waals surface area contributed by atoms with Crippen molar-refractivity contribution in [2.24, 2.45) is 11.8 Å². The van der Waals surface area contributed by atoms with Crippen molar-refractivity contribution in [1.82, 2.24) is 40.9 Å². The summed E-state index contributed by atoms with van der Waals surface area (Å²) in [7, 11) is -8.63. The van der Waals surface area contributed by atoms with Gasteiger partial charge in [-0.1, -0.05) is 87.8 Å². The number of sulfonamides is 2. The van der Waals surface area contributed by atoms with Crippen LogP contribution in [0, 0.1) is 11.8 Å². The minimum absolute atomic E-state index is 0.0788. The topological polar surface area (TPSA) is 395 Å². The lowest BCUT2D eigenvalue weighted by atomic mass is 10.0. The Labute approximate surface area is 543 Å². The predicted molar refractivity (Wildman–Crippen MR) is 342 cm³/mol. The number of alkyl carbamates (subject to hydrolysis) is 2. The van der Waals surface area contributed by atoms with E-state index in [-0.39, 0.29) is 60.8 Å². The molecular formula is C64H92N10O17S2. The van der Waals surface area contributed by atoms with Crippen LogP contribution in [0.1, 0.15) is 154 Å². The lowest BCUT2D eigenvalue weighted by Crippen LogP contribution is -2.58. The van der Waals surface area contributed by atoms with Crippen molar-refractivity contribution in [3.05, 3.63) is 73.8 Å². The first-order valence-corrected chi connectivity index (χ1v) is 35.7. The number of ether oxygens (including phenoxy) is 2. The second kappa shape index (κ2) is 32.7. The number of aliphatic hydroxyl groups excluding tert-OH is 2. The summed E-state index contributed by atoms with van der Waals surface area (Å²) >= 11 is 0. The highest BCUT2D eigenvalue weighted by Crippen LogP contribution is 2.46. The predicted octanol–water partition coefficient (Wildman–Crippen LogP) is 4.47. The molecule has 12 N–H and O–H groups in total. The van der Waals surface area contributed by atoms with Gasteiger partial charge in [-0.3, -0.25) is 24.0 Å². The Bertz CT molecular complexity index is 3250. The largest absolute Gasteiger partial charge is 0.480 e. The molecule has 2 saturated heterocycles. The molecule has 2 aromatic carbocycles. The van der Waals surface area contributed by atoms with Gasteiger partial charge in [0.2, 0.25) is 17.7 Å². The number of hydrogen-bond acceptors (Lipinski definition) is 19. The molecule has 3 aliphatic heterocycles. The standard InChI is InChI=1S/C32H47N5O9S.C32H45N5O8S/c1-2-21-19-32(21,36-28(39)26-18-22(38)20-34-26)30(42)37-47(44,45)27-16-10-9-14-24(27)33-17-11-5-3-4-6-15-25(29(40)41)35-31(43)46-23-12-7-8-13-23;1-2-21-19-32(21)30(41)36-46(43,44)27-16-10-9-14-24(27)33-17-11-5-3-4-6-15-25(34-31(42)45-23-12-7-8-13-23)29(40)37-20-22(38)18-26(37)28(39)35-32/h2,9-10,14,16,21-23,25-26,33-34,38H,1,3-8,11-13,15,17-20H2,(H,35,43)(H,36,39)(H,37,42)(H,40,41);2,9-10,14,16,21-23,25-26,33,38H,1,3-8,11-13,15,17-20H2,(H,34,42)(H,35,39)(H,36,41)/t2*21-,22-,25+,26+,32-/m11/s1. The second-order valence-corrected chi connectivity index (χ2v) is 28.7. The first kappa shape index (κ1) is 71.5. The minimum atomic E-state index is -4.33. The van der Waals surface area contributed by atoms with Crippen LogP contribution in [-0.4, -0.2) is 171 Å². The van der Waals surface area contributed by atoms with Crippen LogP contribution in [0.2, 0.25) is 0 Å². The molecule has 29 heteroatoms. The number of fused-ring (bicyclic) bond motifs is 2. The lowest BCUT2D eigenvalue weighted by Gasteiger charge is -2.30. The van der Waals surface area contributed by atoms with Crippen LogP contribution in [0.4, 0.5) is 21.0 Å². The van der Waals surface area contributed by atoms with E-state index >= 15 is 0 Å². The van der Waals surface area contributed by atoms with Crippen LogP contribution in [0.25, 0.3) is 0 Å². The second-order valence-electron chi connectivity index (χ2n) is 25.4. The maximum atomic E-state index is 13.9. The van der Waals surface area contributed by atoms with Gasteiger partial charge in [-0.05, 0) is 121 Å². The third kappa shape index (κ3) is 19.2. The normalized spacial score (nSPS) is 27.8. The van der Waals surface area contributed by atoms with E-state index in [2.05, 4.69) is 59.8 Å². The number of para-hydroxylation sites is 2. The van der Waals surface area contributed by atoms with E-state index in [9.17, 15) is 70.5 Å². The average Bonchev–Trinajstić information content (AvgIpc) is 1.59. The summed E-state index contributed by atoms with van der Waals surface area (Å²) < 4.78 is 68.7. The first-order valence-electron chi connectivity index (χ1n) is 32.8. The van der Waals surface area contributed by atoms with E-state index in [4.69, 9.17) is 9.47 Å². The molecule has 10 atom stereocenters. The Morgan fingerprint density at radius 1 is 0.763 bits per heavy atom. The highest BCUT2D eigenvalue weighted by atomic mass is 32.2. The van der Waals surface area contributed by atoms with Crippen molar-refractivity contribution in [2.45, 2.75) is 224 Å². The Kier molecular flexibility index (Phi) is 25.1. The summed E-state index contributed by atoms with van der Waals surface area (Å²) in [6, 6.07) is 8.74. The number of carbonyl (C=O) groups excluding carboxylic acids is 7. The fraction of sp³-hybridized carbons (Fsp3) is 0.625. The molecule has 7 amide bonds. The highest BCUT2D eigenvalue weighted by molar-refractivity contribution is 7.90. The van der Waals surface area contributed by atoms with Crippen LogP contribution in [0.5, 0.6) is 0 Å². The maximum Gasteiger partial charge on any atom is 0.408 e. The van der Waals surface area contributed by atoms with Gasteiger partial charge in [0.15, 0.2) is 0 Å². The Hall–Kier alpha value is -7.34. The van der Waals surface area contributed by atoms with Crippen LogP contribution < -0.4 is 46.7 Å². The third-order valence-electron chi connectivity index (χ3n) is 18.5. The zero-order valence-electron chi connectivity index (χ0n) is 52.6. The number of rotatable bonds is 21. The molecule has 1 spiro atoms. The molecule has 3 heterocycles. The van der Waals surface area contributed by atoms with Crippen molar-refractivity contribution < 1.29 is 80.0 Å². The number of β-amino-alcohol motifs (C(OH)–C–C–N with tert-alkyl or cyclic N) is 1. The van der Waals surface area contributed by atoms with Crippen molar-refractivity contribution >= 4 is 79.1 Å². The smallest absolute Gasteiger partial charge is 0.408 e. The zero-order chi connectivity index (χ0) is 66.9. The molecular weight excluding hydrogens is 1240 g/mol. The van der Waals surface area contributed by atoms with Gasteiger partial charge >= 0.3 is 18.2 Å². The van der Waals surface area contributed by atoms with Crippen LogP contribution >= 0.6 is 0 Å². The van der Waals surface area contributed by atoms with Crippen LogP contribution in [-0.2, 0) is 58.3 Å². The molecule has 4 saturated carbocycles. The molecule has 512 valence electrons. The van der Waals surface area contributed by atoms with Gasteiger partial charge in [-0.25, -0.2) is 40.7 Å². The number of aliphatic carboxylic acids is 1. The molecule has 0 unspecified atom stereocenters. The van der Waals surface area contributed by atoms with E-state index in [0.29, 0.717) is 50.1 Å². The van der Waals surface area contributed by atoms with Crippen LogP contribution in [0.3, 0.4) is 0 Å². The quantitative estimate of drug-likeness (QED) is 0.0606. The number of nitrogens with zero attached hydrogens (tertiary/aromatic N) is 1. The number of unbranched alkanes of at least 4 members (excludes halogenated alkanes) is 4. The maximum absolute atomic E-state index is 13.9. The molecule has 0 bridgehead atoms. The van der Waals surface area contributed by atoms with Gasteiger partial charge in [0.25, 0.3) is 31.9 Å². The molecule has 0 radical (unpaired) electrons. The van der Waals surface area contributed by atoms with Crippen molar-refractivity contribution in [3.8, 4) is 0 Å². The summed E-state index contributed by atoms with van der Waals surface area (Å²) in [5.41, 5.74) is -2.35. The fourth-order valence-electron chi connectivity index (χ4n) is 13.0. The third-order valence-corrected chi connectivity index (χ3v) is 21.3. The molecule has 27 nitrogen and oxygen atoms in total. The Balaban J connectivity index is 0.000000239. The van der Waals surface area contributed by atoms with Gasteiger partial charge in [-0.15, -0.1) is 13.2 Å². The van der Waals surface area contributed by atoms with E-state index in [1.165, 1.54) is 29.2 Å². The average molecular weight is 1340 g/mol. The number of nitrogens with one attached hydrogen (secondary N) is 9. The number of carbonyl (C=O) groups is 8.